The van der Waals surface area contributed by atoms with Crippen molar-refractivity contribution in [2.45, 2.75) is 37.5 Å². The number of aliphatic hydroxyl groups is 1. The van der Waals surface area contributed by atoms with Crippen LogP contribution in [-0.2, 0) is 10.0 Å². The minimum atomic E-state index is -3.21. The van der Waals surface area contributed by atoms with E-state index in [1.807, 2.05) is 6.92 Å². The van der Waals surface area contributed by atoms with Gasteiger partial charge in [0.25, 0.3) is 0 Å². The Morgan fingerprint density at radius 3 is 2.47 bits per heavy atom. The zero-order chi connectivity index (χ0) is 12.5. The number of aliphatic hydroxyl groups excluding tert-OH is 1. The first-order valence-electron chi connectivity index (χ1n) is 6.39. The number of hydrogen-bond donors (Lipinski definition) is 2. The summed E-state index contributed by atoms with van der Waals surface area (Å²) in [5.41, 5.74) is 0. The molecule has 0 aromatic heterocycles. The Morgan fingerprint density at radius 2 is 1.88 bits per heavy atom. The normalized spacial score (nSPS) is 33.8. The molecular weight excluding hydrogens is 240 g/mol. The lowest BCUT2D eigenvalue weighted by Gasteiger charge is -2.36. The van der Waals surface area contributed by atoms with E-state index >= 15 is 0 Å². The van der Waals surface area contributed by atoms with Crippen LogP contribution in [0.5, 0.6) is 0 Å². The molecule has 2 atom stereocenters. The minimum Gasteiger partial charge on any atom is -0.391 e. The maximum absolute atomic E-state index is 12.4. The molecule has 0 aromatic carbocycles. The highest BCUT2D eigenvalue weighted by atomic mass is 32.2. The lowest BCUT2D eigenvalue weighted by molar-refractivity contribution is 0.0600. The van der Waals surface area contributed by atoms with Crippen molar-refractivity contribution in [2.75, 3.05) is 26.2 Å². The topological polar surface area (TPSA) is 69.6 Å². The van der Waals surface area contributed by atoms with E-state index in [-0.39, 0.29) is 17.7 Å². The van der Waals surface area contributed by atoms with Crippen molar-refractivity contribution in [2.24, 2.45) is 5.92 Å². The summed E-state index contributed by atoms with van der Waals surface area (Å²) >= 11 is 0. The van der Waals surface area contributed by atoms with Crippen molar-refractivity contribution in [1.82, 2.24) is 9.62 Å². The largest absolute Gasteiger partial charge is 0.391 e. The summed E-state index contributed by atoms with van der Waals surface area (Å²) in [4.78, 5) is 0. The van der Waals surface area contributed by atoms with Gasteiger partial charge in [0.1, 0.15) is 0 Å². The van der Waals surface area contributed by atoms with Gasteiger partial charge in [-0.3, -0.25) is 0 Å². The van der Waals surface area contributed by atoms with Crippen molar-refractivity contribution in [3.63, 3.8) is 0 Å². The summed E-state index contributed by atoms with van der Waals surface area (Å²) in [7, 11) is -3.21. The van der Waals surface area contributed by atoms with Gasteiger partial charge in [0.05, 0.1) is 11.4 Å². The molecule has 2 aliphatic heterocycles. The molecule has 0 aliphatic carbocycles. The molecule has 0 amide bonds. The van der Waals surface area contributed by atoms with Crippen LogP contribution in [0.4, 0.5) is 0 Å². The maximum Gasteiger partial charge on any atom is 0.217 e. The van der Waals surface area contributed by atoms with E-state index in [9.17, 15) is 13.5 Å². The van der Waals surface area contributed by atoms with Gasteiger partial charge < -0.3 is 10.4 Å². The highest BCUT2D eigenvalue weighted by molar-refractivity contribution is 7.89. The molecule has 0 saturated carbocycles. The minimum absolute atomic E-state index is 0.203. The zero-order valence-corrected chi connectivity index (χ0v) is 11.1. The Labute approximate surface area is 103 Å². The number of nitrogens with one attached hydrogen (secondary N) is 1. The van der Waals surface area contributed by atoms with E-state index in [0.717, 1.165) is 19.5 Å². The summed E-state index contributed by atoms with van der Waals surface area (Å²) in [6.45, 7) is 4.35. The lowest BCUT2D eigenvalue weighted by Crippen LogP contribution is -2.50. The molecule has 2 unspecified atom stereocenters. The van der Waals surface area contributed by atoms with Gasteiger partial charge in [-0.2, -0.15) is 4.31 Å². The highest BCUT2D eigenvalue weighted by Crippen LogP contribution is 2.24. The van der Waals surface area contributed by atoms with E-state index < -0.39 is 16.1 Å². The predicted molar refractivity (Wildman–Crippen MR) is 66.2 cm³/mol. The quantitative estimate of drug-likeness (QED) is 0.721. The molecule has 2 N–H and O–H groups in total. The van der Waals surface area contributed by atoms with E-state index in [4.69, 9.17) is 0 Å². The van der Waals surface area contributed by atoms with E-state index in [1.54, 1.807) is 0 Å². The second-order valence-corrected chi connectivity index (χ2v) is 7.40. The fourth-order valence-electron chi connectivity index (χ4n) is 2.56. The molecule has 0 radical (unpaired) electrons. The first-order valence-corrected chi connectivity index (χ1v) is 7.90. The van der Waals surface area contributed by atoms with Crippen molar-refractivity contribution in [1.29, 1.82) is 0 Å². The highest BCUT2D eigenvalue weighted by Gasteiger charge is 2.37. The average molecular weight is 262 g/mol. The van der Waals surface area contributed by atoms with Crippen LogP contribution in [0.2, 0.25) is 0 Å². The number of nitrogens with zero attached hydrogens (tertiary/aromatic N) is 1. The number of β-amino-alcohol motifs (C(OH)–C–C–N with tert-alkyl or cyclic N) is 1. The molecule has 5 nitrogen and oxygen atoms in total. The van der Waals surface area contributed by atoms with Crippen LogP contribution < -0.4 is 5.32 Å². The van der Waals surface area contributed by atoms with Gasteiger partial charge in [-0.25, -0.2) is 8.42 Å². The van der Waals surface area contributed by atoms with Crippen LogP contribution in [0.25, 0.3) is 0 Å². The molecule has 2 rings (SSSR count). The molecule has 2 aliphatic rings. The van der Waals surface area contributed by atoms with E-state index in [0.29, 0.717) is 19.4 Å². The molecule has 2 fully saturated rings. The van der Waals surface area contributed by atoms with Crippen molar-refractivity contribution >= 4 is 10.0 Å². The molecule has 17 heavy (non-hydrogen) atoms. The summed E-state index contributed by atoms with van der Waals surface area (Å²) < 4.78 is 26.3. The van der Waals surface area contributed by atoms with Crippen LogP contribution in [0.1, 0.15) is 26.2 Å². The Balaban J connectivity index is 2.04. The smallest absolute Gasteiger partial charge is 0.217 e. The molecular formula is C11H22N2O3S. The first kappa shape index (κ1) is 13.3. The summed E-state index contributed by atoms with van der Waals surface area (Å²) in [6.07, 6.45) is 1.61. The number of sulfonamides is 1. The molecule has 0 bridgehead atoms. The van der Waals surface area contributed by atoms with Crippen molar-refractivity contribution in [3.05, 3.63) is 0 Å². The van der Waals surface area contributed by atoms with Crippen LogP contribution in [0, 0.1) is 5.92 Å². The van der Waals surface area contributed by atoms with Gasteiger partial charge in [0.15, 0.2) is 0 Å². The van der Waals surface area contributed by atoms with Gasteiger partial charge in [-0.1, -0.05) is 6.92 Å². The van der Waals surface area contributed by atoms with E-state index in [2.05, 4.69) is 5.32 Å². The Hall–Kier alpha value is -0.170. The monoisotopic (exact) mass is 262 g/mol. The van der Waals surface area contributed by atoms with Gasteiger partial charge in [0.2, 0.25) is 10.0 Å². The SMILES string of the molecule is CC1CCN(S(=O)(=O)C2CCNCC2)CC1O. The second-order valence-electron chi connectivity index (χ2n) is 5.19. The zero-order valence-electron chi connectivity index (χ0n) is 10.3. The number of hydrogen-bond acceptors (Lipinski definition) is 4. The number of piperidine rings is 2. The molecule has 2 heterocycles. The molecule has 0 aromatic rings. The third kappa shape index (κ3) is 2.81. The van der Waals surface area contributed by atoms with E-state index in [1.165, 1.54) is 4.31 Å². The van der Waals surface area contributed by atoms with Gasteiger partial charge in [0, 0.05) is 13.1 Å². The molecule has 6 heteroatoms. The number of rotatable bonds is 2. The first-order chi connectivity index (χ1) is 8.01. The summed E-state index contributed by atoms with van der Waals surface area (Å²) in [6, 6.07) is 0. The van der Waals surface area contributed by atoms with Crippen molar-refractivity contribution < 1.29 is 13.5 Å². The van der Waals surface area contributed by atoms with Crippen LogP contribution in [0.15, 0.2) is 0 Å². The molecule has 2 saturated heterocycles. The van der Waals surface area contributed by atoms with Gasteiger partial charge in [-0.15, -0.1) is 0 Å². The third-order valence-corrected chi connectivity index (χ3v) is 6.31. The lowest BCUT2D eigenvalue weighted by atomic mass is 9.98. The standard InChI is InChI=1S/C11H22N2O3S/c1-9-4-7-13(8-11(9)14)17(15,16)10-2-5-12-6-3-10/h9-12,14H,2-8H2,1H3. The third-order valence-electron chi connectivity index (χ3n) is 3.95. The Bertz CT molecular complexity index is 352. The fourth-order valence-corrected chi connectivity index (χ4v) is 4.53. The molecule has 0 spiro atoms. The average Bonchev–Trinajstić information content (AvgIpc) is 2.33. The molecule has 100 valence electrons. The Morgan fingerprint density at radius 1 is 1.24 bits per heavy atom. The van der Waals surface area contributed by atoms with Crippen LogP contribution in [-0.4, -0.2) is 55.4 Å². The van der Waals surface area contributed by atoms with Gasteiger partial charge in [-0.05, 0) is 38.3 Å². The van der Waals surface area contributed by atoms with Gasteiger partial charge >= 0.3 is 0 Å². The predicted octanol–water partition coefficient (Wildman–Crippen LogP) is -0.229. The maximum atomic E-state index is 12.4. The summed E-state index contributed by atoms with van der Waals surface area (Å²) in [5, 5.41) is 12.7. The van der Waals surface area contributed by atoms with Crippen LogP contribution in [0.3, 0.4) is 0 Å². The Kier molecular flexibility index (Phi) is 4.07. The second kappa shape index (κ2) is 5.22. The summed E-state index contributed by atoms with van der Waals surface area (Å²) in [5.74, 6) is 0.203. The van der Waals surface area contributed by atoms with Crippen molar-refractivity contribution in [3.8, 4) is 0 Å². The fraction of sp³-hybridized carbons (Fsp3) is 1.00. The van der Waals surface area contributed by atoms with Crippen LogP contribution >= 0.6 is 0 Å².